The van der Waals surface area contributed by atoms with E-state index in [1.165, 1.54) is 25.7 Å². The molecule has 0 bridgehead atoms. The third-order valence-electron chi connectivity index (χ3n) is 5.19. The quantitative estimate of drug-likeness (QED) is 0.850. The first-order chi connectivity index (χ1) is 11.6. The molecule has 1 saturated heterocycles. The highest BCUT2D eigenvalue weighted by Gasteiger charge is 2.30. The largest absolute Gasteiger partial charge is 0.356 e. The molecule has 130 valence electrons. The van der Waals surface area contributed by atoms with Crippen molar-refractivity contribution in [3.05, 3.63) is 29.3 Å². The molecule has 2 aliphatic rings. The van der Waals surface area contributed by atoms with E-state index < -0.39 is 0 Å². The van der Waals surface area contributed by atoms with Gasteiger partial charge >= 0.3 is 0 Å². The van der Waals surface area contributed by atoms with Crippen LogP contribution in [0.2, 0.25) is 5.02 Å². The molecular formula is C19H25ClN2O2. The number of halogens is 1. The normalized spacial score (nSPS) is 21.5. The molecule has 5 heteroatoms. The van der Waals surface area contributed by atoms with Gasteiger partial charge in [0.05, 0.1) is 0 Å². The molecule has 1 N–H and O–H groups in total. The molecule has 1 aliphatic carbocycles. The summed E-state index contributed by atoms with van der Waals surface area (Å²) in [6.45, 7) is 1.24. The topological polar surface area (TPSA) is 49.4 Å². The SMILES string of the molecule is O=C(CCC1CCCC1)NCC1CC(=O)N(c2ccc(Cl)cc2)C1. The fraction of sp³-hybridized carbons (Fsp3) is 0.579. The van der Waals surface area contributed by atoms with Crippen LogP contribution < -0.4 is 10.2 Å². The van der Waals surface area contributed by atoms with Crippen molar-refractivity contribution in [2.45, 2.75) is 44.9 Å². The number of carbonyl (C=O) groups is 2. The highest BCUT2D eigenvalue weighted by Crippen LogP contribution is 2.28. The van der Waals surface area contributed by atoms with Crippen LogP contribution in [0.15, 0.2) is 24.3 Å². The Morgan fingerprint density at radius 1 is 1.17 bits per heavy atom. The highest BCUT2D eigenvalue weighted by molar-refractivity contribution is 6.30. The molecule has 0 aromatic heterocycles. The molecule has 1 saturated carbocycles. The van der Waals surface area contributed by atoms with Crippen molar-refractivity contribution < 1.29 is 9.59 Å². The standard InChI is InChI=1S/C19H25ClN2O2/c20-16-6-8-17(9-7-16)22-13-15(11-19(22)24)12-21-18(23)10-5-14-3-1-2-4-14/h6-9,14-15H,1-5,10-13H2,(H,21,23). The number of amides is 2. The first kappa shape index (κ1) is 17.3. The van der Waals surface area contributed by atoms with Crippen molar-refractivity contribution in [2.75, 3.05) is 18.0 Å². The summed E-state index contributed by atoms with van der Waals surface area (Å²) < 4.78 is 0. The first-order valence-electron chi connectivity index (χ1n) is 8.94. The van der Waals surface area contributed by atoms with E-state index >= 15 is 0 Å². The zero-order chi connectivity index (χ0) is 16.9. The van der Waals surface area contributed by atoms with Gasteiger partial charge in [-0.05, 0) is 36.6 Å². The zero-order valence-corrected chi connectivity index (χ0v) is 14.7. The highest BCUT2D eigenvalue weighted by atomic mass is 35.5. The average molecular weight is 349 g/mol. The fourth-order valence-corrected chi connectivity index (χ4v) is 3.90. The number of rotatable bonds is 6. The number of benzene rings is 1. The summed E-state index contributed by atoms with van der Waals surface area (Å²) in [6, 6.07) is 7.32. The Hall–Kier alpha value is -1.55. The molecule has 1 heterocycles. The summed E-state index contributed by atoms with van der Waals surface area (Å²) >= 11 is 5.89. The van der Waals surface area contributed by atoms with Crippen LogP contribution in [0.25, 0.3) is 0 Å². The molecule has 0 spiro atoms. The molecule has 1 unspecified atom stereocenters. The van der Waals surface area contributed by atoms with Gasteiger partial charge in [-0.25, -0.2) is 0 Å². The van der Waals surface area contributed by atoms with Gasteiger partial charge in [0.25, 0.3) is 0 Å². The average Bonchev–Trinajstić information content (AvgIpc) is 3.21. The number of carbonyl (C=O) groups excluding carboxylic acids is 2. The molecule has 2 amide bonds. The van der Waals surface area contributed by atoms with Gasteiger partial charge < -0.3 is 10.2 Å². The lowest BCUT2D eigenvalue weighted by molar-refractivity contribution is -0.122. The Morgan fingerprint density at radius 3 is 2.58 bits per heavy atom. The van der Waals surface area contributed by atoms with Gasteiger partial charge in [0.2, 0.25) is 11.8 Å². The maximum Gasteiger partial charge on any atom is 0.227 e. The second-order valence-electron chi connectivity index (χ2n) is 7.04. The molecular weight excluding hydrogens is 324 g/mol. The smallest absolute Gasteiger partial charge is 0.227 e. The Labute approximate surface area is 148 Å². The van der Waals surface area contributed by atoms with Crippen molar-refractivity contribution >= 4 is 29.1 Å². The third kappa shape index (κ3) is 4.50. The second-order valence-corrected chi connectivity index (χ2v) is 7.48. The minimum absolute atomic E-state index is 0.113. The summed E-state index contributed by atoms with van der Waals surface area (Å²) in [5.74, 6) is 1.16. The number of anilines is 1. The minimum atomic E-state index is 0.113. The van der Waals surface area contributed by atoms with E-state index in [9.17, 15) is 9.59 Å². The summed E-state index contributed by atoms with van der Waals surface area (Å²) in [7, 11) is 0. The Bertz CT molecular complexity index is 582. The lowest BCUT2D eigenvalue weighted by Crippen LogP contribution is -2.31. The Morgan fingerprint density at radius 2 is 1.88 bits per heavy atom. The van der Waals surface area contributed by atoms with E-state index in [4.69, 9.17) is 11.6 Å². The molecule has 1 aromatic rings. The van der Waals surface area contributed by atoms with Crippen molar-refractivity contribution in [1.82, 2.24) is 5.32 Å². The molecule has 0 radical (unpaired) electrons. The fourth-order valence-electron chi connectivity index (χ4n) is 3.77. The Balaban J connectivity index is 1.42. The van der Waals surface area contributed by atoms with Crippen LogP contribution in [-0.4, -0.2) is 24.9 Å². The zero-order valence-electron chi connectivity index (χ0n) is 14.0. The van der Waals surface area contributed by atoms with E-state index in [0.717, 1.165) is 18.0 Å². The van der Waals surface area contributed by atoms with E-state index in [1.54, 1.807) is 17.0 Å². The van der Waals surface area contributed by atoms with Gasteiger partial charge in [0, 0.05) is 42.6 Å². The van der Waals surface area contributed by atoms with E-state index in [2.05, 4.69) is 5.32 Å². The predicted molar refractivity (Wildman–Crippen MR) is 96.1 cm³/mol. The molecule has 1 atom stereocenters. The van der Waals surface area contributed by atoms with Crippen LogP contribution >= 0.6 is 11.6 Å². The van der Waals surface area contributed by atoms with Crippen molar-refractivity contribution in [2.24, 2.45) is 11.8 Å². The molecule has 3 rings (SSSR count). The van der Waals surface area contributed by atoms with E-state index in [1.807, 2.05) is 12.1 Å². The van der Waals surface area contributed by atoms with Gasteiger partial charge in [-0.1, -0.05) is 37.3 Å². The first-order valence-corrected chi connectivity index (χ1v) is 9.32. The van der Waals surface area contributed by atoms with Crippen LogP contribution in [0.3, 0.4) is 0 Å². The maximum absolute atomic E-state index is 12.2. The number of hydrogen-bond acceptors (Lipinski definition) is 2. The predicted octanol–water partition coefficient (Wildman–Crippen LogP) is 3.78. The van der Waals surface area contributed by atoms with Gasteiger partial charge in [0.1, 0.15) is 0 Å². The van der Waals surface area contributed by atoms with Crippen molar-refractivity contribution in [3.63, 3.8) is 0 Å². The van der Waals surface area contributed by atoms with Gasteiger partial charge in [-0.2, -0.15) is 0 Å². The molecule has 1 aromatic carbocycles. The lowest BCUT2D eigenvalue weighted by Gasteiger charge is -2.17. The van der Waals surface area contributed by atoms with Crippen LogP contribution in [0.4, 0.5) is 5.69 Å². The third-order valence-corrected chi connectivity index (χ3v) is 5.44. The van der Waals surface area contributed by atoms with Gasteiger partial charge in [-0.3, -0.25) is 9.59 Å². The monoisotopic (exact) mass is 348 g/mol. The second kappa shape index (κ2) is 8.02. The van der Waals surface area contributed by atoms with Crippen LogP contribution in [-0.2, 0) is 9.59 Å². The van der Waals surface area contributed by atoms with Gasteiger partial charge in [0.15, 0.2) is 0 Å². The maximum atomic E-state index is 12.2. The Kier molecular flexibility index (Phi) is 5.77. The van der Waals surface area contributed by atoms with E-state index in [-0.39, 0.29) is 17.7 Å². The van der Waals surface area contributed by atoms with Crippen LogP contribution in [0.5, 0.6) is 0 Å². The molecule has 4 nitrogen and oxygen atoms in total. The molecule has 1 aliphatic heterocycles. The number of nitrogens with one attached hydrogen (secondary N) is 1. The minimum Gasteiger partial charge on any atom is -0.356 e. The van der Waals surface area contributed by atoms with Crippen LogP contribution in [0.1, 0.15) is 44.9 Å². The molecule has 24 heavy (non-hydrogen) atoms. The van der Waals surface area contributed by atoms with Crippen molar-refractivity contribution in [3.8, 4) is 0 Å². The summed E-state index contributed by atoms with van der Waals surface area (Å²) in [5, 5.41) is 3.67. The molecule has 2 fully saturated rings. The van der Waals surface area contributed by atoms with Crippen LogP contribution in [0, 0.1) is 11.8 Å². The number of hydrogen-bond donors (Lipinski definition) is 1. The van der Waals surface area contributed by atoms with E-state index in [0.29, 0.717) is 31.0 Å². The van der Waals surface area contributed by atoms with Gasteiger partial charge in [-0.15, -0.1) is 0 Å². The summed E-state index contributed by atoms with van der Waals surface area (Å²) in [5.41, 5.74) is 0.874. The summed E-state index contributed by atoms with van der Waals surface area (Å²) in [6.07, 6.45) is 7.30. The lowest BCUT2D eigenvalue weighted by atomic mass is 10.0. The van der Waals surface area contributed by atoms with Crippen molar-refractivity contribution in [1.29, 1.82) is 0 Å². The number of nitrogens with zero attached hydrogens (tertiary/aromatic N) is 1. The summed E-state index contributed by atoms with van der Waals surface area (Å²) in [4.78, 5) is 26.0.